The summed E-state index contributed by atoms with van der Waals surface area (Å²) in [6.45, 7) is 13.0. The molecule has 20 nitrogen and oxygen atoms in total. The molecule has 12 aromatic rings. The van der Waals surface area contributed by atoms with Crippen LogP contribution >= 0.6 is 11.6 Å². The molecule has 99 heavy (non-hydrogen) atoms. The minimum Gasteiger partial charge on any atom is -0.492 e. The third-order valence-corrected chi connectivity index (χ3v) is 17.9. The van der Waals surface area contributed by atoms with Crippen molar-refractivity contribution >= 4 is 45.3 Å². The molecule has 0 saturated carbocycles. The van der Waals surface area contributed by atoms with Crippen LogP contribution in [0.1, 0.15) is 107 Å². The van der Waals surface area contributed by atoms with E-state index in [1.807, 2.05) is 50.7 Å². The van der Waals surface area contributed by atoms with Crippen molar-refractivity contribution in [2.75, 3.05) is 37.1 Å². The lowest BCUT2D eigenvalue weighted by Gasteiger charge is -2.27. The third-order valence-electron chi connectivity index (χ3n) is 17.7. The van der Waals surface area contributed by atoms with Crippen LogP contribution in [0.15, 0.2) is 125 Å². The van der Waals surface area contributed by atoms with Crippen molar-refractivity contribution in [1.82, 2.24) is 49.0 Å². The second kappa shape index (κ2) is 27.8. The van der Waals surface area contributed by atoms with Crippen molar-refractivity contribution < 1.29 is 62.3 Å². The molecule has 2 aliphatic heterocycles. The van der Waals surface area contributed by atoms with Crippen LogP contribution in [0, 0.1) is 25.5 Å². The summed E-state index contributed by atoms with van der Waals surface area (Å²) in [5.41, 5.74) is 11.1. The summed E-state index contributed by atoms with van der Waals surface area (Å²) < 4.78 is 147. The third kappa shape index (κ3) is 13.2. The zero-order valence-electron chi connectivity index (χ0n) is 54.8. The number of methoxy groups -OCH3 is 2. The predicted octanol–water partition coefficient (Wildman–Crippen LogP) is 15.0. The number of benzene rings is 4. The Kier molecular flexibility index (Phi) is 19.2. The summed E-state index contributed by atoms with van der Waals surface area (Å²) in [6, 6.07) is 18.9. The average molecular weight is 1390 g/mol. The Morgan fingerprint density at radius 2 is 1.02 bits per heavy atom. The molecular weight excluding hydrogens is 1320 g/mol. The molecule has 0 spiro atoms. The van der Waals surface area contributed by atoms with Gasteiger partial charge in [0, 0.05) is 109 Å². The maximum atomic E-state index is 16.2. The average Bonchev–Trinajstić information content (AvgIpc) is 1.60. The van der Waals surface area contributed by atoms with Crippen LogP contribution in [0.4, 0.5) is 47.0 Å². The van der Waals surface area contributed by atoms with Gasteiger partial charge in [-0.2, -0.15) is 36.5 Å². The van der Waals surface area contributed by atoms with Gasteiger partial charge in [0.25, 0.3) is 0 Å². The van der Waals surface area contributed by atoms with E-state index in [0.29, 0.717) is 83.0 Å². The van der Waals surface area contributed by atoms with Gasteiger partial charge in [-0.1, -0.05) is 64.1 Å². The van der Waals surface area contributed by atoms with Gasteiger partial charge in [-0.05, 0) is 86.1 Å². The monoisotopic (exact) mass is 1390 g/mol. The first-order chi connectivity index (χ1) is 47.5. The molecule has 0 aliphatic carbocycles. The van der Waals surface area contributed by atoms with Crippen molar-refractivity contribution in [3.8, 4) is 45.4 Å². The van der Waals surface area contributed by atoms with Crippen molar-refractivity contribution in [1.29, 1.82) is 0 Å². The molecule has 0 radical (unpaired) electrons. The van der Waals surface area contributed by atoms with Crippen LogP contribution in [0.3, 0.4) is 0 Å². The Morgan fingerprint density at radius 1 is 0.586 bits per heavy atom. The molecule has 516 valence electrons. The number of nitrogens with one attached hydrogen (secondary N) is 1. The van der Waals surface area contributed by atoms with Crippen LogP contribution < -0.4 is 30.9 Å². The summed E-state index contributed by atoms with van der Waals surface area (Å²) in [5.74, 6) is -0.552. The first-order valence-corrected chi connectivity index (χ1v) is 32.2. The Balaban J connectivity index is 0.000000169. The smallest absolute Gasteiger partial charge is 0.492 e. The topological polar surface area (TPSA) is 220 Å². The van der Waals surface area contributed by atoms with Crippen molar-refractivity contribution in [3.63, 3.8) is 0 Å². The number of rotatable bonds is 15. The van der Waals surface area contributed by atoms with E-state index in [-0.39, 0.29) is 48.1 Å². The van der Waals surface area contributed by atoms with Crippen LogP contribution in [0.25, 0.3) is 55.7 Å². The number of alkyl halides is 7. The van der Waals surface area contributed by atoms with Gasteiger partial charge in [0.15, 0.2) is 34.7 Å². The number of hydrogen-bond donors (Lipinski definition) is 1. The van der Waals surface area contributed by atoms with Gasteiger partial charge in [0.05, 0.1) is 83.0 Å². The summed E-state index contributed by atoms with van der Waals surface area (Å²) in [7, 11) is 2.81. The number of halogens is 9. The van der Waals surface area contributed by atoms with E-state index in [4.69, 9.17) is 40.1 Å². The van der Waals surface area contributed by atoms with E-state index in [1.165, 1.54) is 26.4 Å². The van der Waals surface area contributed by atoms with Crippen molar-refractivity contribution in [2.24, 2.45) is 0 Å². The zero-order chi connectivity index (χ0) is 70.4. The number of fused-ring (bicyclic) bond motifs is 4. The second-order valence-electron chi connectivity index (χ2n) is 23.4. The summed E-state index contributed by atoms with van der Waals surface area (Å²) >= 11 is 5.35. The molecule has 0 fully saturated rings. The largest absolute Gasteiger partial charge is 0.519 e. The first-order valence-electron chi connectivity index (χ1n) is 31.7. The van der Waals surface area contributed by atoms with Gasteiger partial charge in [0.1, 0.15) is 11.5 Å². The van der Waals surface area contributed by atoms with Gasteiger partial charge in [-0.15, -0.1) is 11.6 Å². The highest BCUT2D eigenvalue weighted by Crippen LogP contribution is 2.45. The maximum absolute atomic E-state index is 16.2. The van der Waals surface area contributed by atoms with Gasteiger partial charge < -0.3 is 46.5 Å². The molecule has 0 unspecified atom stereocenters. The highest BCUT2D eigenvalue weighted by Gasteiger charge is 2.37. The summed E-state index contributed by atoms with van der Waals surface area (Å²) in [4.78, 5) is 45.0. The molecule has 14 rings (SSSR count). The molecule has 10 heterocycles. The van der Waals surface area contributed by atoms with Gasteiger partial charge in [-0.3, -0.25) is 0 Å². The molecule has 2 aliphatic rings. The van der Waals surface area contributed by atoms with E-state index in [9.17, 15) is 35.9 Å². The van der Waals surface area contributed by atoms with Crippen LogP contribution in [-0.2, 0) is 76.4 Å². The van der Waals surface area contributed by atoms with Gasteiger partial charge >= 0.3 is 24.0 Å². The fourth-order valence-electron chi connectivity index (χ4n) is 12.8. The minimum absolute atomic E-state index is 0.00941. The van der Waals surface area contributed by atoms with E-state index in [1.54, 1.807) is 35.7 Å². The Morgan fingerprint density at radius 3 is 1.41 bits per heavy atom. The summed E-state index contributed by atoms with van der Waals surface area (Å²) in [6.07, 6.45) is 1.53. The molecule has 1 N–H and O–H groups in total. The molecule has 0 bridgehead atoms. The Labute approximate surface area is 564 Å². The number of nitrogens with zero attached hydrogens (tertiary/aromatic N) is 11. The minimum atomic E-state index is -4.56. The lowest BCUT2D eigenvalue weighted by Crippen LogP contribution is -2.31. The number of aromatic nitrogens is 10. The van der Waals surface area contributed by atoms with Crippen LogP contribution in [0.5, 0.6) is 11.5 Å². The van der Waals surface area contributed by atoms with Crippen molar-refractivity contribution in [3.05, 3.63) is 210 Å². The summed E-state index contributed by atoms with van der Waals surface area (Å²) in [5, 5.41) is 11.6. The Hall–Kier alpha value is -10.5. The molecular formula is C70H65ClF8N12O8. The highest BCUT2D eigenvalue weighted by atomic mass is 35.5. The SMILES string of the molecule is CCc1cccc(CC)c1-n1nc2c(c1-c1cc(F)c(OC)c3[nH]ccc13)CN(c1ncc(C(F)(F)F)cn1)CC2.CCc1cccc(CC)c1-n1nc2c(c1-c1cc(F)c(OC)c3c1ccn3Cc1oc(=O)oc1C)CN(c1ncc(C(F)(F)F)cn1)CC2.Cc1oc(=O)oc1CCl. The van der Waals surface area contributed by atoms with Gasteiger partial charge in [-0.25, -0.2) is 47.7 Å². The fraction of sp³-hybridized carbons (Fsp3) is 0.314. The predicted molar refractivity (Wildman–Crippen MR) is 352 cm³/mol. The van der Waals surface area contributed by atoms with Crippen LogP contribution in [0.2, 0.25) is 0 Å². The normalized spacial score (nSPS) is 13.1. The molecule has 0 saturated heterocycles. The van der Waals surface area contributed by atoms with E-state index >= 15 is 8.78 Å². The lowest BCUT2D eigenvalue weighted by atomic mass is 9.97. The zero-order valence-corrected chi connectivity index (χ0v) is 55.6. The van der Waals surface area contributed by atoms with Gasteiger partial charge in [0.2, 0.25) is 11.9 Å². The fourth-order valence-corrected chi connectivity index (χ4v) is 13.0. The molecule has 29 heteroatoms. The standard InChI is InChI=1S/C35H32F4N6O4.C30H28F4N6O.C5H5ClO3/c1-5-20-8-7-9-21(6-2)29(20)45-30(25-17-44(13-11-27(25)42-45)33-40-15-22(16-41-33)35(37,38)39)24-14-26(36)32(47-4)31-23(24)10-12-43(31)18-28-19(3)48-34(46)49-28;1-4-17-7-6-8-18(5-2)26(17)40-27(21-13-23(31)28(41-3)25-20(21)9-11-35-25)22-16-39(12-10-24(22)38-40)29-36-14-19(15-37-29)30(32,33)34;1-3-4(2-6)9-5(7)8-3/h7-10,12,14-16H,5-6,11,13,17-18H2,1-4H3;6-9,11,13-15,35H,4-5,10,12,16H2,1-3H3;2H2,1H3. The number of aryl methyl sites for hydroxylation is 6. The van der Waals surface area contributed by atoms with E-state index in [0.717, 1.165) is 118 Å². The van der Waals surface area contributed by atoms with E-state index < -0.39 is 46.8 Å². The maximum Gasteiger partial charge on any atom is 0.519 e. The lowest BCUT2D eigenvalue weighted by molar-refractivity contribution is -0.138. The number of H-pyrrole nitrogens is 1. The highest BCUT2D eigenvalue weighted by molar-refractivity contribution is 6.16. The van der Waals surface area contributed by atoms with Crippen LogP contribution in [-0.4, -0.2) is 76.4 Å². The number of anilines is 2. The number of aromatic amines is 1. The molecule has 0 atom stereocenters. The second-order valence-corrected chi connectivity index (χ2v) is 23.6. The Bertz CT molecular complexity index is 5040. The first kappa shape index (κ1) is 68.4. The number of para-hydroxylation sites is 2. The van der Waals surface area contributed by atoms with Crippen molar-refractivity contribution in [2.45, 2.75) is 118 Å². The molecule has 0 amide bonds. The molecule has 4 aromatic carbocycles. The number of ether oxygens (including phenoxy) is 2. The quantitative estimate of drug-likeness (QED) is 0.0745. The molecule has 8 aromatic heterocycles. The van der Waals surface area contributed by atoms with E-state index in [2.05, 4.69) is 73.6 Å². The number of hydrogen-bond acceptors (Lipinski definition) is 16.